The molecule has 0 unspecified atom stereocenters. The van der Waals surface area contributed by atoms with Crippen molar-refractivity contribution in [3.8, 4) is 0 Å². The quantitative estimate of drug-likeness (QED) is 0.466. The predicted octanol–water partition coefficient (Wildman–Crippen LogP) is 6.30. The summed E-state index contributed by atoms with van der Waals surface area (Å²) in [7, 11) is 0. The van der Waals surface area contributed by atoms with Crippen molar-refractivity contribution in [2.45, 2.75) is 40.5 Å². The Bertz CT molecular complexity index is 626. The van der Waals surface area contributed by atoms with Crippen LogP contribution in [0.5, 0.6) is 0 Å². The summed E-state index contributed by atoms with van der Waals surface area (Å²) in [5.41, 5.74) is 1.47. The standard InChI is InChI=1S/C9H7.C8H11.C5H10.Zr/c1-2-5-9-7-3-6-8(9)4-1;1-2-5-8-6-3-4-7-8;1-4-5(2)3;/h1-7H;3-4,6-7H,2,5H2,1H3;5H,1-3H3;/q2*-1;;+2. The molecule has 0 radical (unpaired) electrons. The van der Waals surface area contributed by atoms with Gasteiger partial charge in [0, 0.05) is 0 Å². The first kappa shape index (κ1) is 20.0. The van der Waals surface area contributed by atoms with Gasteiger partial charge in [-0.2, -0.15) is 41.3 Å². The summed E-state index contributed by atoms with van der Waals surface area (Å²) in [6, 6.07) is 23.2. The number of rotatable bonds is 3. The van der Waals surface area contributed by atoms with Crippen molar-refractivity contribution in [1.82, 2.24) is 0 Å². The molecule has 3 rings (SSSR count). The van der Waals surface area contributed by atoms with Gasteiger partial charge >= 0.3 is 54.1 Å². The van der Waals surface area contributed by atoms with Crippen LogP contribution in [0.1, 0.15) is 39.7 Å². The van der Waals surface area contributed by atoms with Crippen molar-refractivity contribution in [1.29, 1.82) is 0 Å². The van der Waals surface area contributed by atoms with Gasteiger partial charge in [-0.25, -0.2) is 6.07 Å². The monoisotopic (exact) mass is 382 g/mol. The fraction of sp³-hybridized carbons (Fsp3) is 0.318. The minimum Gasteiger partial charge on any atom is -0.168 e. The number of benzene rings is 1. The molecule has 0 spiro atoms. The van der Waals surface area contributed by atoms with E-state index >= 15 is 0 Å². The van der Waals surface area contributed by atoms with Gasteiger partial charge in [-0.1, -0.05) is 25.8 Å². The van der Waals surface area contributed by atoms with Gasteiger partial charge in [0.05, 0.1) is 0 Å². The Labute approximate surface area is 156 Å². The molecule has 1 heteroatoms. The Hall–Kier alpha value is -1.07. The van der Waals surface area contributed by atoms with Gasteiger partial charge in [0.25, 0.3) is 0 Å². The number of hydrogen-bond acceptors (Lipinski definition) is 0. The molecule has 0 N–H and O–H groups in total. The summed E-state index contributed by atoms with van der Waals surface area (Å²) in [6.45, 7) is 8.85. The van der Waals surface area contributed by atoms with Crippen molar-refractivity contribution < 1.29 is 24.2 Å². The largest absolute Gasteiger partial charge is 0.168 e. The van der Waals surface area contributed by atoms with Gasteiger partial charge in [-0.15, -0.1) is 29.7 Å². The second-order valence-corrected chi connectivity index (χ2v) is 7.97. The molecule has 0 saturated heterocycles. The molecule has 0 aliphatic heterocycles. The second-order valence-electron chi connectivity index (χ2n) is 6.04. The molecule has 0 atom stereocenters. The molecule has 0 aliphatic carbocycles. The van der Waals surface area contributed by atoms with E-state index < -0.39 is 0 Å². The summed E-state index contributed by atoms with van der Waals surface area (Å²) < 4.78 is 1.60. The van der Waals surface area contributed by atoms with E-state index in [1.165, 1.54) is 29.2 Å². The van der Waals surface area contributed by atoms with Crippen LogP contribution < -0.4 is 0 Å². The molecule has 23 heavy (non-hydrogen) atoms. The van der Waals surface area contributed by atoms with Crippen LogP contribution in [0.2, 0.25) is 0 Å². The normalized spacial score (nSPS) is 9.87. The van der Waals surface area contributed by atoms with Crippen molar-refractivity contribution in [3.63, 3.8) is 0 Å². The maximum atomic E-state index is 2.23. The van der Waals surface area contributed by atoms with Crippen LogP contribution in [-0.4, -0.2) is 3.21 Å². The Morgan fingerprint density at radius 1 is 1.09 bits per heavy atom. The van der Waals surface area contributed by atoms with E-state index in [4.69, 9.17) is 0 Å². The van der Waals surface area contributed by atoms with E-state index in [1.54, 1.807) is 27.4 Å². The topological polar surface area (TPSA) is 0 Å². The second kappa shape index (κ2) is 11.5. The Balaban J connectivity index is 0.000000177. The molecule has 3 aromatic carbocycles. The summed E-state index contributed by atoms with van der Waals surface area (Å²) >= 11 is 1.58. The molecule has 0 bridgehead atoms. The summed E-state index contributed by atoms with van der Waals surface area (Å²) in [4.78, 5) is 0. The third-order valence-corrected chi connectivity index (χ3v) is 5.10. The van der Waals surface area contributed by atoms with E-state index in [0.717, 1.165) is 5.92 Å². The molecule has 0 saturated carbocycles. The fourth-order valence-electron chi connectivity index (χ4n) is 1.94. The van der Waals surface area contributed by atoms with Crippen molar-refractivity contribution >= 4 is 14.0 Å². The van der Waals surface area contributed by atoms with Gasteiger partial charge < -0.3 is 0 Å². The smallest absolute Gasteiger partial charge is 0.0809 e. The maximum Gasteiger partial charge on any atom is -0.0809 e. The maximum absolute atomic E-state index is 2.23. The summed E-state index contributed by atoms with van der Waals surface area (Å²) in [6.07, 6.45) is 2.48. The first-order valence-corrected chi connectivity index (χ1v) is 9.63. The summed E-state index contributed by atoms with van der Waals surface area (Å²) in [5, 5.41) is 2.66. The number of fused-ring (bicyclic) bond motifs is 1. The molecule has 0 fully saturated rings. The van der Waals surface area contributed by atoms with Crippen molar-refractivity contribution in [3.05, 3.63) is 72.3 Å². The van der Waals surface area contributed by atoms with E-state index in [2.05, 4.69) is 94.4 Å². The van der Waals surface area contributed by atoms with Gasteiger partial charge in [-0.3, -0.25) is 0 Å². The molecule has 0 aromatic heterocycles. The van der Waals surface area contributed by atoms with E-state index in [9.17, 15) is 0 Å². The Morgan fingerprint density at radius 3 is 2.30 bits per heavy atom. The van der Waals surface area contributed by atoms with E-state index in [-0.39, 0.29) is 0 Å². The van der Waals surface area contributed by atoms with Crippen LogP contribution >= 0.6 is 0 Å². The van der Waals surface area contributed by atoms with E-state index in [0.29, 0.717) is 0 Å². The third-order valence-electron chi connectivity index (χ3n) is 3.68. The van der Waals surface area contributed by atoms with Crippen LogP contribution in [0, 0.1) is 5.92 Å². The Morgan fingerprint density at radius 2 is 1.78 bits per heavy atom. The fourth-order valence-corrected chi connectivity index (χ4v) is 1.94. The third kappa shape index (κ3) is 8.37. The van der Waals surface area contributed by atoms with Crippen LogP contribution in [0.3, 0.4) is 0 Å². The zero-order valence-electron chi connectivity index (χ0n) is 14.8. The zero-order chi connectivity index (χ0) is 17.1. The van der Waals surface area contributed by atoms with Crippen LogP contribution in [0.4, 0.5) is 0 Å². The molecular weight excluding hydrogens is 355 g/mol. The van der Waals surface area contributed by atoms with E-state index in [1.807, 2.05) is 0 Å². The molecule has 0 nitrogen and oxygen atoms in total. The van der Waals surface area contributed by atoms with Gasteiger partial charge in [0.2, 0.25) is 0 Å². The average Bonchev–Trinajstić information content (AvgIpc) is 3.19. The van der Waals surface area contributed by atoms with Crippen LogP contribution in [-0.2, 0) is 30.7 Å². The average molecular weight is 384 g/mol. The van der Waals surface area contributed by atoms with Crippen LogP contribution in [0.15, 0.2) is 66.7 Å². The first-order valence-electron chi connectivity index (χ1n) is 8.40. The zero-order valence-corrected chi connectivity index (χ0v) is 17.3. The molecule has 120 valence electrons. The van der Waals surface area contributed by atoms with Gasteiger partial charge in [0.1, 0.15) is 0 Å². The van der Waals surface area contributed by atoms with Gasteiger partial charge in [0.15, 0.2) is 0 Å². The minimum absolute atomic E-state index is 0.809. The molecule has 0 heterocycles. The molecular formula is C22H28Zr. The molecule has 0 amide bonds. The Kier molecular flexibility index (Phi) is 9.96. The van der Waals surface area contributed by atoms with Crippen molar-refractivity contribution in [2.75, 3.05) is 0 Å². The number of aryl methyl sites for hydroxylation is 1. The molecule has 3 aromatic rings. The van der Waals surface area contributed by atoms with Crippen molar-refractivity contribution in [2.24, 2.45) is 5.92 Å². The SMILES string of the molecule is CCCc1cc[cH-]c1.C[C](=[Zr+2])C(C)C.c1ccc2[cH-]ccc2c1. The molecule has 0 aliphatic rings. The van der Waals surface area contributed by atoms with Crippen LogP contribution in [0.25, 0.3) is 10.8 Å². The number of hydrogen-bond donors (Lipinski definition) is 0. The first-order chi connectivity index (χ1) is 11.0. The van der Waals surface area contributed by atoms with Gasteiger partial charge in [-0.05, 0) is 0 Å². The minimum atomic E-state index is 0.809. The summed E-state index contributed by atoms with van der Waals surface area (Å²) in [5.74, 6) is 0.809. The predicted molar refractivity (Wildman–Crippen MR) is 101 cm³/mol.